The Hall–Kier alpha value is -3.67. The molecule has 0 unspecified atom stereocenters. The molecule has 1 aromatic carbocycles. The third-order valence-corrected chi connectivity index (χ3v) is 6.67. The molecule has 6 atom stereocenters. The summed E-state index contributed by atoms with van der Waals surface area (Å²) < 4.78 is 9.98. The van der Waals surface area contributed by atoms with Gasteiger partial charge in [-0.1, -0.05) is 77.8 Å². The van der Waals surface area contributed by atoms with Crippen LogP contribution in [-0.2, 0) is 35.3 Å². The lowest BCUT2D eigenvalue weighted by atomic mass is 9.96. The van der Waals surface area contributed by atoms with Crippen LogP contribution in [0.3, 0.4) is 0 Å². The number of methoxy groups -OCH3 is 1. The van der Waals surface area contributed by atoms with E-state index in [0.29, 0.717) is 19.3 Å². The van der Waals surface area contributed by atoms with Crippen LogP contribution in [0.5, 0.6) is 0 Å². The number of hydrogen-bond acceptors (Lipinski definition) is 8. The fraction of sp³-hybridized carbons (Fsp3) is 0.621. The lowest BCUT2D eigenvalue weighted by Gasteiger charge is -2.30. The third-order valence-electron chi connectivity index (χ3n) is 6.67. The molecule has 0 radical (unpaired) electrons. The van der Waals surface area contributed by atoms with E-state index in [1.807, 2.05) is 32.0 Å². The largest absolute Gasteiger partial charge is 0.467 e. The highest BCUT2D eigenvalue weighted by Gasteiger charge is 2.35. The summed E-state index contributed by atoms with van der Waals surface area (Å²) in [6, 6.07) is 4.63. The second kappa shape index (κ2) is 17.9. The fourth-order valence-corrected chi connectivity index (χ4v) is 3.96. The molecule has 0 spiro atoms. The summed E-state index contributed by atoms with van der Waals surface area (Å²) >= 11 is 0. The Kier molecular flexibility index (Phi) is 15.4. The van der Waals surface area contributed by atoms with Crippen molar-refractivity contribution in [1.29, 1.82) is 0 Å². The standard InChI is InChI=1S/C29H46N4O8/c1-8-13-21(28(38)40-7)30-27(37)24(19(6)34)32-26(36)23(18(5)9-2)31-25(35)22(17(3)4)33-29(39)41-16-20-14-11-10-12-15-20/h10-12,14-15,17-19,21-24,34H,8-9,13,16H2,1-7H3,(H,30,37)(H,31,35)(H,32,36)(H,33,39)/t18-,19+,21-,22-,23+,24-/m0/s1. The first kappa shape index (κ1) is 35.4. The SMILES string of the molecule is CCC[C@H](NC(=O)[C@@H](NC(=O)[C@H](NC(=O)[C@@H](NC(=O)OCc1ccccc1)C(C)C)[C@@H](C)CC)[C@@H](C)O)C(=O)OC. The highest BCUT2D eigenvalue weighted by Crippen LogP contribution is 2.12. The fourth-order valence-electron chi connectivity index (χ4n) is 3.96. The number of esters is 1. The molecule has 0 bridgehead atoms. The maximum absolute atomic E-state index is 13.4. The third kappa shape index (κ3) is 11.8. The van der Waals surface area contributed by atoms with E-state index < -0.39 is 60.1 Å². The first-order valence-corrected chi connectivity index (χ1v) is 14.0. The van der Waals surface area contributed by atoms with Crippen molar-refractivity contribution in [2.45, 2.75) is 97.7 Å². The highest BCUT2D eigenvalue weighted by molar-refractivity contribution is 5.95. The first-order valence-electron chi connectivity index (χ1n) is 14.0. The van der Waals surface area contributed by atoms with Crippen LogP contribution in [-0.4, -0.2) is 72.3 Å². The van der Waals surface area contributed by atoms with E-state index in [9.17, 15) is 29.1 Å². The zero-order valence-electron chi connectivity index (χ0n) is 25.1. The molecular weight excluding hydrogens is 532 g/mol. The molecule has 0 aliphatic heterocycles. The normalized spacial score (nSPS) is 15.3. The van der Waals surface area contributed by atoms with E-state index in [1.165, 1.54) is 14.0 Å². The van der Waals surface area contributed by atoms with Gasteiger partial charge in [0.1, 0.15) is 30.8 Å². The second-order valence-corrected chi connectivity index (χ2v) is 10.4. The number of nitrogens with one attached hydrogen (secondary N) is 4. The van der Waals surface area contributed by atoms with Crippen molar-refractivity contribution in [3.05, 3.63) is 35.9 Å². The molecule has 0 aliphatic carbocycles. The number of aliphatic hydroxyl groups excluding tert-OH is 1. The Bertz CT molecular complexity index is 1000. The molecule has 230 valence electrons. The monoisotopic (exact) mass is 578 g/mol. The van der Waals surface area contributed by atoms with Gasteiger partial charge < -0.3 is 35.8 Å². The molecule has 0 aromatic heterocycles. The number of amides is 4. The van der Waals surface area contributed by atoms with Gasteiger partial charge >= 0.3 is 12.1 Å². The Morgan fingerprint density at radius 2 is 1.37 bits per heavy atom. The first-order chi connectivity index (χ1) is 19.4. The van der Waals surface area contributed by atoms with Gasteiger partial charge in [0.25, 0.3) is 0 Å². The van der Waals surface area contributed by atoms with Crippen LogP contribution in [0.25, 0.3) is 0 Å². The number of carbonyl (C=O) groups is 5. The number of hydrogen-bond donors (Lipinski definition) is 5. The number of aliphatic hydroxyl groups is 1. The molecule has 0 saturated carbocycles. The summed E-state index contributed by atoms with van der Waals surface area (Å²) in [6.45, 7) is 10.2. The molecule has 5 N–H and O–H groups in total. The number of alkyl carbamates (subject to hydrolysis) is 1. The van der Waals surface area contributed by atoms with Crippen molar-refractivity contribution in [2.75, 3.05) is 7.11 Å². The predicted molar refractivity (Wildman–Crippen MR) is 152 cm³/mol. The molecule has 0 fully saturated rings. The summed E-state index contributed by atoms with van der Waals surface area (Å²) in [7, 11) is 1.20. The quantitative estimate of drug-likeness (QED) is 0.185. The molecule has 0 aliphatic rings. The van der Waals surface area contributed by atoms with Crippen LogP contribution >= 0.6 is 0 Å². The minimum Gasteiger partial charge on any atom is -0.467 e. The smallest absolute Gasteiger partial charge is 0.408 e. The Morgan fingerprint density at radius 1 is 0.805 bits per heavy atom. The van der Waals surface area contributed by atoms with Crippen molar-refractivity contribution < 1.29 is 38.6 Å². The van der Waals surface area contributed by atoms with Gasteiger partial charge in [-0.3, -0.25) is 14.4 Å². The zero-order valence-corrected chi connectivity index (χ0v) is 25.1. The molecular formula is C29H46N4O8. The summed E-state index contributed by atoms with van der Waals surface area (Å²) in [5.74, 6) is -3.43. The average molecular weight is 579 g/mol. The Labute approximate surface area is 242 Å². The van der Waals surface area contributed by atoms with Crippen molar-refractivity contribution in [3.63, 3.8) is 0 Å². The van der Waals surface area contributed by atoms with E-state index in [0.717, 1.165) is 5.56 Å². The van der Waals surface area contributed by atoms with Gasteiger partial charge in [-0.05, 0) is 30.7 Å². The summed E-state index contributed by atoms with van der Waals surface area (Å²) in [6.07, 6.45) is -0.702. The van der Waals surface area contributed by atoms with Crippen molar-refractivity contribution in [2.24, 2.45) is 11.8 Å². The Balaban J connectivity index is 2.99. The summed E-state index contributed by atoms with van der Waals surface area (Å²) in [4.78, 5) is 64.1. The van der Waals surface area contributed by atoms with E-state index in [4.69, 9.17) is 9.47 Å². The van der Waals surface area contributed by atoms with Gasteiger partial charge in [-0.15, -0.1) is 0 Å². The van der Waals surface area contributed by atoms with Crippen LogP contribution in [0.15, 0.2) is 30.3 Å². The number of carbonyl (C=O) groups excluding carboxylic acids is 5. The topological polar surface area (TPSA) is 172 Å². The van der Waals surface area contributed by atoms with Crippen LogP contribution in [0.1, 0.15) is 66.4 Å². The average Bonchev–Trinajstić information content (AvgIpc) is 2.94. The van der Waals surface area contributed by atoms with Gasteiger partial charge in [0.2, 0.25) is 17.7 Å². The van der Waals surface area contributed by atoms with Gasteiger partial charge in [0.15, 0.2) is 0 Å². The van der Waals surface area contributed by atoms with E-state index in [-0.39, 0.29) is 18.4 Å². The number of benzene rings is 1. The van der Waals surface area contributed by atoms with Crippen molar-refractivity contribution in [3.8, 4) is 0 Å². The molecule has 0 heterocycles. The number of ether oxygens (including phenoxy) is 2. The van der Waals surface area contributed by atoms with Gasteiger partial charge in [0, 0.05) is 0 Å². The molecule has 0 saturated heterocycles. The Morgan fingerprint density at radius 3 is 1.88 bits per heavy atom. The van der Waals surface area contributed by atoms with Gasteiger partial charge in [-0.2, -0.15) is 0 Å². The van der Waals surface area contributed by atoms with Gasteiger partial charge in [0.05, 0.1) is 13.2 Å². The van der Waals surface area contributed by atoms with Crippen LogP contribution < -0.4 is 21.3 Å². The van der Waals surface area contributed by atoms with Crippen LogP contribution in [0.2, 0.25) is 0 Å². The van der Waals surface area contributed by atoms with Gasteiger partial charge in [-0.25, -0.2) is 9.59 Å². The zero-order chi connectivity index (χ0) is 31.1. The van der Waals surface area contributed by atoms with E-state index >= 15 is 0 Å². The van der Waals surface area contributed by atoms with Crippen molar-refractivity contribution >= 4 is 29.8 Å². The van der Waals surface area contributed by atoms with E-state index in [1.54, 1.807) is 32.9 Å². The predicted octanol–water partition coefficient (Wildman–Crippen LogP) is 1.79. The molecule has 1 aromatic rings. The molecule has 4 amide bonds. The highest BCUT2D eigenvalue weighted by atomic mass is 16.5. The van der Waals surface area contributed by atoms with Crippen LogP contribution in [0.4, 0.5) is 4.79 Å². The number of rotatable bonds is 16. The molecule has 12 nitrogen and oxygen atoms in total. The minimum atomic E-state index is -1.40. The summed E-state index contributed by atoms with van der Waals surface area (Å²) in [5.41, 5.74) is 0.783. The maximum Gasteiger partial charge on any atom is 0.408 e. The van der Waals surface area contributed by atoms with E-state index in [2.05, 4.69) is 21.3 Å². The second-order valence-electron chi connectivity index (χ2n) is 10.4. The maximum atomic E-state index is 13.4. The lowest BCUT2D eigenvalue weighted by Crippen LogP contribution is -2.61. The lowest BCUT2D eigenvalue weighted by molar-refractivity contribution is -0.146. The summed E-state index contributed by atoms with van der Waals surface area (Å²) in [5, 5.41) is 20.6. The van der Waals surface area contributed by atoms with Crippen molar-refractivity contribution in [1.82, 2.24) is 21.3 Å². The molecule has 41 heavy (non-hydrogen) atoms. The molecule has 1 rings (SSSR count). The van der Waals surface area contributed by atoms with Crippen LogP contribution in [0, 0.1) is 11.8 Å². The minimum absolute atomic E-state index is 0.0227. The molecule has 12 heteroatoms.